The Kier molecular flexibility index (Phi) is 7.64. The van der Waals surface area contributed by atoms with E-state index in [9.17, 15) is 4.79 Å². The number of ether oxygens (including phenoxy) is 1. The van der Waals surface area contributed by atoms with E-state index in [1.165, 1.54) is 11.3 Å². The number of rotatable bonds is 8. The monoisotopic (exact) mass is 395 g/mol. The minimum Gasteiger partial charge on any atom is -0.386 e. The van der Waals surface area contributed by atoms with E-state index >= 15 is 0 Å². The van der Waals surface area contributed by atoms with Crippen LogP contribution in [0.5, 0.6) is 0 Å². The third-order valence-electron chi connectivity index (χ3n) is 5.01. The molecule has 0 radical (unpaired) electrons. The van der Waals surface area contributed by atoms with E-state index in [1.807, 2.05) is 31.2 Å². The van der Waals surface area contributed by atoms with Crippen molar-refractivity contribution < 1.29 is 14.4 Å². The largest absolute Gasteiger partial charge is 0.386 e. The first-order valence-electron chi connectivity index (χ1n) is 10.1. The van der Waals surface area contributed by atoms with Crippen LogP contribution in [0.15, 0.2) is 53.7 Å². The molecule has 0 aliphatic carbocycles. The van der Waals surface area contributed by atoms with Crippen LogP contribution in [-0.4, -0.2) is 45.0 Å². The van der Waals surface area contributed by atoms with Crippen molar-refractivity contribution in [3.8, 4) is 0 Å². The molecule has 2 aromatic carbocycles. The van der Waals surface area contributed by atoms with Gasteiger partial charge in [0, 0.05) is 18.8 Å². The Balaban J connectivity index is 1.41. The standard InChI is InChI=1S/C23H29N3O3/c1-3-19-4-8-21(9-5-19)18(2)25-23(27)17-29-24-16-20-6-10-22(11-7-20)26-12-14-28-15-13-26/h4-11,16,18H,3,12-15,17H2,1-2H3,(H,25,27). The van der Waals surface area contributed by atoms with Gasteiger partial charge in [-0.1, -0.05) is 48.5 Å². The molecule has 2 aromatic rings. The number of morpholine rings is 1. The van der Waals surface area contributed by atoms with Gasteiger partial charge in [0.05, 0.1) is 25.5 Å². The number of anilines is 1. The molecule has 0 bridgehead atoms. The number of hydrogen-bond acceptors (Lipinski definition) is 5. The average molecular weight is 396 g/mol. The van der Waals surface area contributed by atoms with Crippen molar-refractivity contribution in [2.75, 3.05) is 37.8 Å². The maximum atomic E-state index is 12.1. The van der Waals surface area contributed by atoms with Crippen molar-refractivity contribution in [1.29, 1.82) is 0 Å². The summed E-state index contributed by atoms with van der Waals surface area (Å²) in [6, 6.07) is 16.3. The lowest BCUT2D eigenvalue weighted by atomic mass is 10.1. The van der Waals surface area contributed by atoms with Gasteiger partial charge in [0.2, 0.25) is 0 Å². The Bertz CT molecular complexity index is 797. The van der Waals surface area contributed by atoms with Gasteiger partial charge in [0.25, 0.3) is 5.91 Å². The molecule has 1 unspecified atom stereocenters. The number of benzene rings is 2. The summed E-state index contributed by atoms with van der Waals surface area (Å²) < 4.78 is 5.38. The predicted octanol–water partition coefficient (Wildman–Crippen LogP) is 3.31. The first-order valence-corrected chi connectivity index (χ1v) is 10.1. The van der Waals surface area contributed by atoms with Crippen LogP contribution in [0.1, 0.15) is 36.6 Å². The molecular formula is C23H29N3O3. The third-order valence-corrected chi connectivity index (χ3v) is 5.01. The van der Waals surface area contributed by atoms with Crippen LogP contribution in [0.3, 0.4) is 0 Å². The van der Waals surface area contributed by atoms with Crippen molar-refractivity contribution in [2.45, 2.75) is 26.3 Å². The maximum absolute atomic E-state index is 12.1. The van der Waals surface area contributed by atoms with E-state index < -0.39 is 0 Å². The smallest absolute Gasteiger partial charge is 0.261 e. The summed E-state index contributed by atoms with van der Waals surface area (Å²) in [5.41, 5.74) is 4.45. The van der Waals surface area contributed by atoms with Crippen LogP contribution >= 0.6 is 0 Å². The first kappa shape index (κ1) is 20.9. The van der Waals surface area contributed by atoms with E-state index in [0.717, 1.165) is 43.9 Å². The molecule has 1 aliphatic rings. The molecule has 6 heteroatoms. The quantitative estimate of drug-likeness (QED) is 0.550. The number of nitrogens with one attached hydrogen (secondary N) is 1. The minimum atomic E-state index is -0.197. The molecule has 0 spiro atoms. The Hall–Kier alpha value is -2.86. The number of aryl methyl sites for hydroxylation is 1. The van der Waals surface area contributed by atoms with Crippen LogP contribution in [0.2, 0.25) is 0 Å². The van der Waals surface area contributed by atoms with Crippen molar-refractivity contribution in [3.63, 3.8) is 0 Å². The van der Waals surface area contributed by atoms with Crippen LogP contribution < -0.4 is 10.2 Å². The van der Waals surface area contributed by atoms with E-state index in [0.29, 0.717) is 0 Å². The molecule has 1 amide bonds. The summed E-state index contributed by atoms with van der Waals surface area (Å²) in [7, 11) is 0. The number of nitrogens with zero attached hydrogens (tertiary/aromatic N) is 2. The predicted molar refractivity (Wildman–Crippen MR) is 115 cm³/mol. The lowest BCUT2D eigenvalue weighted by Gasteiger charge is -2.28. The van der Waals surface area contributed by atoms with E-state index in [2.05, 4.69) is 46.6 Å². The Labute approximate surface area is 172 Å². The van der Waals surface area contributed by atoms with Gasteiger partial charge >= 0.3 is 0 Å². The molecule has 1 heterocycles. The number of carbonyl (C=O) groups is 1. The van der Waals surface area contributed by atoms with Gasteiger partial charge in [0.15, 0.2) is 6.61 Å². The lowest BCUT2D eigenvalue weighted by Crippen LogP contribution is -2.36. The highest BCUT2D eigenvalue weighted by Gasteiger charge is 2.11. The molecule has 29 heavy (non-hydrogen) atoms. The molecule has 154 valence electrons. The molecule has 0 aromatic heterocycles. The van der Waals surface area contributed by atoms with E-state index in [-0.39, 0.29) is 18.6 Å². The number of hydrogen-bond donors (Lipinski definition) is 1. The minimum absolute atomic E-state index is 0.0753. The highest BCUT2D eigenvalue weighted by atomic mass is 16.6. The van der Waals surface area contributed by atoms with Crippen LogP contribution in [0, 0.1) is 0 Å². The second kappa shape index (κ2) is 10.6. The summed E-state index contributed by atoms with van der Waals surface area (Å²) in [5, 5.41) is 6.83. The fourth-order valence-electron chi connectivity index (χ4n) is 3.20. The van der Waals surface area contributed by atoms with Crippen LogP contribution in [-0.2, 0) is 20.8 Å². The lowest BCUT2D eigenvalue weighted by molar-refractivity contribution is -0.126. The second-order valence-corrected chi connectivity index (χ2v) is 7.08. The molecule has 6 nitrogen and oxygen atoms in total. The van der Waals surface area contributed by atoms with Crippen LogP contribution in [0.25, 0.3) is 0 Å². The van der Waals surface area contributed by atoms with Crippen molar-refractivity contribution in [2.24, 2.45) is 5.16 Å². The molecule has 1 saturated heterocycles. The number of carbonyl (C=O) groups excluding carboxylic acids is 1. The Morgan fingerprint density at radius 2 is 1.86 bits per heavy atom. The zero-order chi connectivity index (χ0) is 20.5. The molecule has 1 aliphatic heterocycles. The summed E-state index contributed by atoms with van der Waals surface area (Å²) in [6.07, 6.45) is 2.62. The summed E-state index contributed by atoms with van der Waals surface area (Å²) in [5.74, 6) is -0.197. The number of amides is 1. The van der Waals surface area contributed by atoms with Gasteiger partial charge in [-0.15, -0.1) is 0 Å². The van der Waals surface area contributed by atoms with Gasteiger partial charge in [-0.2, -0.15) is 0 Å². The summed E-state index contributed by atoms with van der Waals surface area (Å²) in [4.78, 5) is 19.5. The zero-order valence-corrected chi connectivity index (χ0v) is 17.1. The van der Waals surface area contributed by atoms with E-state index in [1.54, 1.807) is 6.21 Å². The molecule has 0 saturated carbocycles. The van der Waals surface area contributed by atoms with Crippen LogP contribution in [0.4, 0.5) is 5.69 Å². The SMILES string of the molecule is CCc1ccc(C(C)NC(=O)CON=Cc2ccc(N3CCOCC3)cc2)cc1. The van der Waals surface area contributed by atoms with Gasteiger partial charge in [-0.05, 0) is 42.2 Å². The van der Waals surface area contributed by atoms with Crippen molar-refractivity contribution in [1.82, 2.24) is 5.32 Å². The molecule has 1 atom stereocenters. The highest BCUT2D eigenvalue weighted by molar-refractivity contribution is 5.80. The highest BCUT2D eigenvalue weighted by Crippen LogP contribution is 2.16. The van der Waals surface area contributed by atoms with Gasteiger partial charge in [0.1, 0.15) is 0 Å². The molecule has 1 N–H and O–H groups in total. The molecular weight excluding hydrogens is 366 g/mol. The van der Waals surface area contributed by atoms with Crippen molar-refractivity contribution >= 4 is 17.8 Å². The fourth-order valence-corrected chi connectivity index (χ4v) is 3.20. The maximum Gasteiger partial charge on any atom is 0.261 e. The normalized spacial score (nSPS) is 15.3. The average Bonchev–Trinajstić information content (AvgIpc) is 2.78. The van der Waals surface area contributed by atoms with Gasteiger partial charge in [-0.3, -0.25) is 4.79 Å². The molecule has 1 fully saturated rings. The summed E-state index contributed by atoms with van der Waals surface area (Å²) in [6.45, 7) is 7.32. The van der Waals surface area contributed by atoms with Crippen molar-refractivity contribution in [3.05, 3.63) is 65.2 Å². The zero-order valence-electron chi connectivity index (χ0n) is 17.1. The Morgan fingerprint density at radius 3 is 2.52 bits per heavy atom. The van der Waals surface area contributed by atoms with Gasteiger partial charge in [-0.25, -0.2) is 0 Å². The Morgan fingerprint density at radius 1 is 1.17 bits per heavy atom. The third kappa shape index (κ3) is 6.32. The van der Waals surface area contributed by atoms with Gasteiger partial charge < -0.3 is 19.8 Å². The fraction of sp³-hybridized carbons (Fsp3) is 0.391. The number of oxime groups is 1. The first-order chi connectivity index (χ1) is 14.2. The molecule has 3 rings (SSSR count). The second-order valence-electron chi connectivity index (χ2n) is 7.08. The van der Waals surface area contributed by atoms with E-state index in [4.69, 9.17) is 9.57 Å². The topological polar surface area (TPSA) is 63.2 Å². The summed E-state index contributed by atoms with van der Waals surface area (Å²) >= 11 is 0.